The van der Waals surface area contributed by atoms with Gasteiger partial charge in [0.15, 0.2) is 0 Å². The number of nitrogens with two attached hydrogens (primary N) is 1. The summed E-state index contributed by atoms with van der Waals surface area (Å²) in [6, 6.07) is 6.08. The predicted octanol–water partition coefficient (Wildman–Crippen LogP) is 2.65. The molecule has 1 heterocycles. The number of ether oxygens (including phenoxy) is 1. The zero-order valence-electron chi connectivity index (χ0n) is 7.00. The van der Waals surface area contributed by atoms with Crippen LogP contribution in [0.4, 0.5) is 0 Å². The van der Waals surface area contributed by atoms with Gasteiger partial charge in [-0.05, 0) is 18.2 Å². The highest BCUT2D eigenvalue weighted by atomic mass is 79.9. The number of fused-ring (bicyclic) bond motifs is 1. The average Bonchev–Trinajstić information content (AvgIpc) is 2.07. The molecule has 1 atom stereocenters. The van der Waals surface area contributed by atoms with Crippen LogP contribution in [-0.2, 0) is 0 Å². The molecule has 0 aromatic heterocycles. The Bertz CT molecular complexity index is 306. The van der Waals surface area contributed by atoms with Crippen molar-refractivity contribution in [3.8, 4) is 5.75 Å². The second-order valence-corrected chi connectivity index (χ2v) is 3.84. The smallest absolute Gasteiger partial charge is 0.124 e. The Labute approximate surface area is 92.0 Å². The first-order chi connectivity index (χ1) is 5.77. The summed E-state index contributed by atoms with van der Waals surface area (Å²) in [7, 11) is 0. The maximum atomic E-state index is 5.91. The van der Waals surface area contributed by atoms with Gasteiger partial charge in [-0.15, -0.1) is 12.4 Å². The normalized spacial score (nSPS) is 19.7. The molecule has 2 nitrogen and oxygen atoms in total. The Morgan fingerprint density at radius 1 is 1.46 bits per heavy atom. The number of hydrogen-bond donors (Lipinski definition) is 1. The summed E-state index contributed by atoms with van der Waals surface area (Å²) < 4.78 is 6.51. The van der Waals surface area contributed by atoms with E-state index < -0.39 is 0 Å². The minimum atomic E-state index is 0. The lowest BCUT2D eigenvalue weighted by Crippen LogP contribution is -2.20. The van der Waals surface area contributed by atoms with E-state index in [1.54, 1.807) is 0 Å². The summed E-state index contributed by atoms with van der Waals surface area (Å²) in [5.41, 5.74) is 7.02. The standard InChI is InChI=1S/C9H10BrNO.ClH/c10-6-1-2-9-7(5-6)8(11)3-4-12-9;/h1-2,5,8H,3-4,11H2;1H. The van der Waals surface area contributed by atoms with E-state index in [1.165, 1.54) is 0 Å². The van der Waals surface area contributed by atoms with Crippen molar-refractivity contribution in [2.75, 3.05) is 6.61 Å². The van der Waals surface area contributed by atoms with Crippen LogP contribution in [0.2, 0.25) is 0 Å². The van der Waals surface area contributed by atoms with Crippen molar-refractivity contribution >= 4 is 28.3 Å². The molecule has 0 aliphatic carbocycles. The maximum absolute atomic E-state index is 5.91. The van der Waals surface area contributed by atoms with Gasteiger partial charge in [-0.1, -0.05) is 15.9 Å². The zero-order valence-corrected chi connectivity index (χ0v) is 9.40. The molecule has 1 aromatic rings. The van der Waals surface area contributed by atoms with Crippen molar-refractivity contribution in [2.24, 2.45) is 5.73 Å². The molecular formula is C9H11BrClNO. The molecule has 72 valence electrons. The number of halogens is 2. The molecule has 13 heavy (non-hydrogen) atoms. The third kappa shape index (κ3) is 2.16. The lowest BCUT2D eigenvalue weighted by Gasteiger charge is -2.22. The summed E-state index contributed by atoms with van der Waals surface area (Å²) in [6.45, 7) is 0.732. The zero-order chi connectivity index (χ0) is 8.55. The van der Waals surface area contributed by atoms with Gasteiger partial charge in [-0.25, -0.2) is 0 Å². The number of rotatable bonds is 0. The third-order valence-corrected chi connectivity index (χ3v) is 2.55. The Morgan fingerprint density at radius 2 is 2.23 bits per heavy atom. The molecule has 4 heteroatoms. The van der Waals surface area contributed by atoms with Gasteiger partial charge in [0.25, 0.3) is 0 Å². The molecule has 0 bridgehead atoms. The van der Waals surface area contributed by atoms with Crippen LogP contribution < -0.4 is 10.5 Å². The molecule has 0 saturated carbocycles. The first-order valence-electron chi connectivity index (χ1n) is 3.95. The van der Waals surface area contributed by atoms with Crippen molar-refractivity contribution in [1.82, 2.24) is 0 Å². The summed E-state index contributed by atoms with van der Waals surface area (Å²) in [6.07, 6.45) is 0.906. The van der Waals surface area contributed by atoms with E-state index in [0.717, 1.165) is 28.8 Å². The summed E-state index contributed by atoms with van der Waals surface area (Å²) in [5.74, 6) is 0.928. The summed E-state index contributed by atoms with van der Waals surface area (Å²) in [5, 5.41) is 0. The fourth-order valence-electron chi connectivity index (χ4n) is 1.39. The first-order valence-corrected chi connectivity index (χ1v) is 4.74. The van der Waals surface area contributed by atoms with E-state index in [9.17, 15) is 0 Å². The van der Waals surface area contributed by atoms with Crippen LogP contribution in [0.15, 0.2) is 22.7 Å². The van der Waals surface area contributed by atoms with Crippen molar-refractivity contribution in [2.45, 2.75) is 12.5 Å². The lowest BCUT2D eigenvalue weighted by atomic mass is 10.0. The number of benzene rings is 1. The lowest BCUT2D eigenvalue weighted by molar-refractivity contribution is 0.269. The Morgan fingerprint density at radius 3 is 3.00 bits per heavy atom. The number of hydrogen-bond acceptors (Lipinski definition) is 2. The minimum Gasteiger partial charge on any atom is -0.493 e. The van der Waals surface area contributed by atoms with Crippen LogP contribution in [0.25, 0.3) is 0 Å². The van der Waals surface area contributed by atoms with E-state index in [1.807, 2.05) is 18.2 Å². The highest BCUT2D eigenvalue weighted by Gasteiger charge is 2.17. The van der Waals surface area contributed by atoms with Gasteiger partial charge in [-0.2, -0.15) is 0 Å². The highest BCUT2D eigenvalue weighted by molar-refractivity contribution is 9.10. The van der Waals surface area contributed by atoms with Crippen LogP contribution in [-0.4, -0.2) is 6.61 Å². The monoisotopic (exact) mass is 263 g/mol. The second-order valence-electron chi connectivity index (χ2n) is 2.93. The molecule has 1 aliphatic heterocycles. The highest BCUT2D eigenvalue weighted by Crippen LogP contribution is 2.32. The van der Waals surface area contributed by atoms with Gasteiger partial charge >= 0.3 is 0 Å². The summed E-state index contributed by atoms with van der Waals surface area (Å²) >= 11 is 3.41. The average molecular weight is 265 g/mol. The fourth-order valence-corrected chi connectivity index (χ4v) is 1.77. The third-order valence-electron chi connectivity index (χ3n) is 2.06. The van der Waals surface area contributed by atoms with E-state index >= 15 is 0 Å². The van der Waals surface area contributed by atoms with E-state index in [4.69, 9.17) is 10.5 Å². The largest absolute Gasteiger partial charge is 0.493 e. The van der Waals surface area contributed by atoms with Crippen LogP contribution in [0.5, 0.6) is 5.75 Å². The quantitative estimate of drug-likeness (QED) is 0.782. The molecule has 2 N–H and O–H groups in total. The van der Waals surface area contributed by atoms with E-state index in [0.29, 0.717) is 0 Å². The topological polar surface area (TPSA) is 35.2 Å². The van der Waals surface area contributed by atoms with Gasteiger partial charge in [0.1, 0.15) is 5.75 Å². The Hall–Kier alpha value is -0.250. The Balaban J connectivity index is 0.000000845. The van der Waals surface area contributed by atoms with Crippen molar-refractivity contribution in [3.63, 3.8) is 0 Å². The molecule has 0 saturated heterocycles. The molecule has 1 aromatic carbocycles. The van der Waals surface area contributed by atoms with Crippen LogP contribution in [0.3, 0.4) is 0 Å². The van der Waals surface area contributed by atoms with Gasteiger partial charge in [0, 0.05) is 22.5 Å². The van der Waals surface area contributed by atoms with Gasteiger partial charge in [0.05, 0.1) is 6.61 Å². The van der Waals surface area contributed by atoms with E-state index in [2.05, 4.69) is 15.9 Å². The molecule has 0 radical (unpaired) electrons. The van der Waals surface area contributed by atoms with E-state index in [-0.39, 0.29) is 18.4 Å². The van der Waals surface area contributed by atoms with Gasteiger partial charge in [-0.3, -0.25) is 0 Å². The first kappa shape index (κ1) is 10.8. The SMILES string of the molecule is Cl.NC1CCOc2ccc(Br)cc21. The van der Waals surface area contributed by atoms with Crippen LogP contribution >= 0.6 is 28.3 Å². The second kappa shape index (κ2) is 4.31. The van der Waals surface area contributed by atoms with Crippen LogP contribution in [0.1, 0.15) is 18.0 Å². The minimum absolute atomic E-state index is 0. The van der Waals surface area contributed by atoms with Crippen molar-refractivity contribution in [1.29, 1.82) is 0 Å². The molecule has 0 amide bonds. The molecule has 0 spiro atoms. The predicted molar refractivity (Wildman–Crippen MR) is 58.4 cm³/mol. The fraction of sp³-hybridized carbons (Fsp3) is 0.333. The summed E-state index contributed by atoms with van der Waals surface area (Å²) in [4.78, 5) is 0. The Kier molecular flexibility index (Phi) is 3.59. The maximum Gasteiger partial charge on any atom is 0.124 e. The molecule has 1 aliphatic rings. The van der Waals surface area contributed by atoms with Crippen molar-refractivity contribution < 1.29 is 4.74 Å². The molecule has 1 unspecified atom stereocenters. The van der Waals surface area contributed by atoms with Crippen LogP contribution in [0, 0.1) is 0 Å². The van der Waals surface area contributed by atoms with Gasteiger partial charge < -0.3 is 10.5 Å². The van der Waals surface area contributed by atoms with Gasteiger partial charge in [0.2, 0.25) is 0 Å². The van der Waals surface area contributed by atoms with Crippen molar-refractivity contribution in [3.05, 3.63) is 28.2 Å². The molecule has 0 fully saturated rings. The molecule has 2 rings (SSSR count). The molecular weight excluding hydrogens is 253 g/mol.